The number of nitrogens with zero attached hydrogens (tertiary/aromatic N) is 3. The van der Waals surface area contributed by atoms with Gasteiger partial charge in [-0.2, -0.15) is 0 Å². The van der Waals surface area contributed by atoms with Crippen molar-refractivity contribution in [2.75, 3.05) is 29.4 Å². The van der Waals surface area contributed by atoms with Gasteiger partial charge < -0.3 is 19.9 Å². The summed E-state index contributed by atoms with van der Waals surface area (Å²) >= 11 is 0. The molecule has 1 atom stereocenters. The number of pyridine rings is 1. The Morgan fingerprint density at radius 3 is 2.73 bits per heavy atom. The number of alkyl carbamates (subject to hydrolysis) is 1. The van der Waals surface area contributed by atoms with E-state index in [4.69, 9.17) is 4.74 Å². The maximum atomic E-state index is 13.4. The Kier molecular flexibility index (Phi) is 5.37. The van der Waals surface area contributed by atoms with E-state index in [2.05, 4.69) is 21.3 Å². The first-order valence-electron chi connectivity index (χ1n) is 10.4. The third-order valence-corrected chi connectivity index (χ3v) is 5.36. The number of amides is 2. The van der Waals surface area contributed by atoms with Crippen molar-refractivity contribution in [1.29, 1.82) is 0 Å². The van der Waals surface area contributed by atoms with Crippen LogP contribution in [0.4, 0.5) is 16.3 Å². The Bertz CT molecular complexity index is 953. The van der Waals surface area contributed by atoms with Gasteiger partial charge in [-0.05, 0) is 57.4 Å². The van der Waals surface area contributed by atoms with Crippen LogP contribution in [0.5, 0.6) is 0 Å². The van der Waals surface area contributed by atoms with E-state index in [1.807, 2.05) is 49.9 Å². The quantitative estimate of drug-likeness (QED) is 0.843. The maximum Gasteiger partial charge on any atom is 0.407 e. The van der Waals surface area contributed by atoms with Gasteiger partial charge in [-0.3, -0.25) is 4.79 Å². The van der Waals surface area contributed by atoms with Crippen molar-refractivity contribution >= 4 is 23.5 Å². The minimum Gasteiger partial charge on any atom is -0.444 e. The Morgan fingerprint density at radius 2 is 1.93 bits per heavy atom. The lowest BCUT2D eigenvalue weighted by atomic mass is 10.1. The smallest absolute Gasteiger partial charge is 0.407 e. The molecule has 1 N–H and O–H groups in total. The number of fused-ring (bicyclic) bond motifs is 1. The first-order chi connectivity index (χ1) is 14.3. The van der Waals surface area contributed by atoms with E-state index in [9.17, 15) is 9.59 Å². The number of aromatic nitrogens is 1. The number of nitrogens with one attached hydrogen (secondary N) is 1. The van der Waals surface area contributed by atoms with E-state index in [1.54, 1.807) is 12.3 Å². The number of carbonyl (C=O) groups excluding carboxylic acids is 2. The molecule has 0 radical (unpaired) electrons. The summed E-state index contributed by atoms with van der Waals surface area (Å²) in [5, 5.41) is 2.93. The van der Waals surface area contributed by atoms with Crippen LogP contribution in [-0.2, 0) is 11.2 Å². The number of carbonyl (C=O) groups is 2. The molecule has 4 rings (SSSR count). The SMILES string of the molecule is CC(C)(C)OC(=O)N[C@H]1CCN(c2ncccc2C(=O)N2CCc3ccccc32)C1. The molecule has 0 spiro atoms. The van der Waals surface area contributed by atoms with E-state index < -0.39 is 11.7 Å². The van der Waals surface area contributed by atoms with Gasteiger partial charge in [0.05, 0.1) is 11.6 Å². The monoisotopic (exact) mass is 408 g/mol. The number of benzene rings is 1. The van der Waals surface area contributed by atoms with Crippen LogP contribution in [-0.4, -0.2) is 48.3 Å². The van der Waals surface area contributed by atoms with Crippen LogP contribution in [0.2, 0.25) is 0 Å². The molecule has 7 nitrogen and oxygen atoms in total. The van der Waals surface area contributed by atoms with Gasteiger partial charge in [0.25, 0.3) is 5.91 Å². The molecule has 0 saturated carbocycles. The molecule has 3 heterocycles. The fourth-order valence-electron chi connectivity index (χ4n) is 4.06. The average Bonchev–Trinajstić information content (AvgIpc) is 3.33. The van der Waals surface area contributed by atoms with Crippen molar-refractivity contribution < 1.29 is 14.3 Å². The minimum atomic E-state index is -0.533. The largest absolute Gasteiger partial charge is 0.444 e. The first-order valence-corrected chi connectivity index (χ1v) is 10.4. The van der Waals surface area contributed by atoms with Gasteiger partial charge in [-0.1, -0.05) is 18.2 Å². The van der Waals surface area contributed by atoms with E-state index >= 15 is 0 Å². The van der Waals surface area contributed by atoms with Gasteiger partial charge in [0.2, 0.25) is 0 Å². The molecule has 2 aliphatic heterocycles. The fourth-order valence-corrected chi connectivity index (χ4v) is 4.06. The second kappa shape index (κ2) is 7.97. The predicted octanol–water partition coefficient (Wildman–Crippen LogP) is 3.39. The van der Waals surface area contributed by atoms with Crippen LogP contribution in [0.15, 0.2) is 42.6 Å². The molecular formula is C23H28N4O3. The second-order valence-corrected chi connectivity index (χ2v) is 8.79. The fraction of sp³-hybridized carbons (Fsp3) is 0.435. The summed E-state index contributed by atoms with van der Waals surface area (Å²) in [6.07, 6.45) is 2.93. The van der Waals surface area contributed by atoms with E-state index in [0.717, 1.165) is 18.5 Å². The Balaban J connectivity index is 1.48. The molecule has 0 unspecified atom stereocenters. The lowest BCUT2D eigenvalue weighted by Gasteiger charge is -2.24. The molecule has 30 heavy (non-hydrogen) atoms. The normalized spacial score (nSPS) is 18.3. The number of anilines is 2. The lowest BCUT2D eigenvalue weighted by Crippen LogP contribution is -2.41. The predicted molar refractivity (Wildman–Crippen MR) is 116 cm³/mol. The molecule has 158 valence electrons. The molecule has 1 saturated heterocycles. The van der Waals surface area contributed by atoms with Crippen LogP contribution in [0, 0.1) is 0 Å². The van der Waals surface area contributed by atoms with E-state index in [1.165, 1.54) is 5.56 Å². The van der Waals surface area contributed by atoms with Crippen molar-refractivity contribution in [2.45, 2.75) is 45.3 Å². The summed E-state index contributed by atoms with van der Waals surface area (Å²) < 4.78 is 5.36. The molecule has 2 aliphatic rings. The summed E-state index contributed by atoms with van der Waals surface area (Å²) in [5.41, 5.74) is 2.23. The van der Waals surface area contributed by atoms with Gasteiger partial charge in [-0.15, -0.1) is 0 Å². The van der Waals surface area contributed by atoms with Crippen molar-refractivity contribution in [1.82, 2.24) is 10.3 Å². The van der Waals surface area contributed by atoms with Gasteiger partial charge in [0, 0.05) is 31.5 Å². The highest BCUT2D eigenvalue weighted by molar-refractivity contribution is 6.10. The van der Waals surface area contributed by atoms with Crippen LogP contribution in [0.25, 0.3) is 0 Å². The zero-order chi connectivity index (χ0) is 21.3. The van der Waals surface area contributed by atoms with Gasteiger partial charge in [0.1, 0.15) is 11.4 Å². The molecule has 2 amide bonds. The number of hydrogen-bond acceptors (Lipinski definition) is 5. The molecule has 0 aliphatic carbocycles. The molecule has 1 aromatic heterocycles. The number of ether oxygens (including phenoxy) is 1. The van der Waals surface area contributed by atoms with Crippen LogP contribution in [0.1, 0.15) is 43.1 Å². The highest BCUT2D eigenvalue weighted by Crippen LogP contribution is 2.31. The zero-order valence-corrected chi connectivity index (χ0v) is 17.7. The summed E-state index contributed by atoms with van der Waals surface area (Å²) in [5.74, 6) is 0.631. The summed E-state index contributed by atoms with van der Waals surface area (Å²) in [6.45, 7) is 7.51. The van der Waals surface area contributed by atoms with Crippen LogP contribution < -0.4 is 15.1 Å². The van der Waals surface area contributed by atoms with Crippen LogP contribution >= 0.6 is 0 Å². The maximum absolute atomic E-state index is 13.4. The number of rotatable bonds is 3. The standard InChI is InChI=1S/C23H28N4O3/c1-23(2,3)30-22(29)25-17-11-13-26(15-17)20-18(8-6-12-24-20)21(28)27-14-10-16-7-4-5-9-19(16)27/h4-9,12,17H,10-11,13-15H2,1-3H3,(H,25,29)/t17-/m0/s1. The number of hydrogen-bond donors (Lipinski definition) is 1. The third kappa shape index (κ3) is 4.25. The summed E-state index contributed by atoms with van der Waals surface area (Å²) in [6, 6.07) is 11.6. The average molecular weight is 409 g/mol. The van der Waals surface area contributed by atoms with Gasteiger partial charge in [0.15, 0.2) is 0 Å². The van der Waals surface area contributed by atoms with Crippen molar-refractivity contribution in [3.05, 3.63) is 53.7 Å². The topological polar surface area (TPSA) is 74.8 Å². The number of para-hydroxylation sites is 1. The van der Waals surface area contributed by atoms with Gasteiger partial charge >= 0.3 is 6.09 Å². The van der Waals surface area contributed by atoms with Gasteiger partial charge in [-0.25, -0.2) is 9.78 Å². The zero-order valence-electron chi connectivity index (χ0n) is 17.7. The van der Waals surface area contributed by atoms with Crippen molar-refractivity contribution in [3.63, 3.8) is 0 Å². The minimum absolute atomic E-state index is 0.0356. The molecule has 1 aromatic carbocycles. The molecule has 2 aromatic rings. The summed E-state index contributed by atoms with van der Waals surface area (Å²) in [4.78, 5) is 33.9. The van der Waals surface area contributed by atoms with Crippen molar-refractivity contribution in [3.8, 4) is 0 Å². The third-order valence-electron chi connectivity index (χ3n) is 5.36. The summed E-state index contributed by atoms with van der Waals surface area (Å²) in [7, 11) is 0. The lowest BCUT2D eigenvalue weighted by molar-refractivity contribution is 0.0508. The molecule has 7 heteroatoms. The van der Waals surface area contributed by atoms with E-state index in [-0.39, 0.29) is 11.9 Å². The van der Waals surface area contributed by atoms with Crippen molar-refractivity contribution in [2.24, 2.45) is 0 Å². The Labute approximate surface area is 177 Å². The highest BCUT2D eigenvalue weighted by Gasteiger charge is 2.32. The highest BCUT2D eigenvalue weighted by atomic mass is 16.6. The molecule has 0 bridgehead atoms. The Morgan fingerprint density at radius 1 is 1.13 bits per heavy atom. The second-order valence-electron chi connectivity index (χ2n) is 8.79. The molecular weight excluding hydrogens is 380 g/mol. The van der Waals surface area contributed by atoms with Crippen LogP contribution in [0.3, 0.4) is 0 Å². The molecule has 1 fully saturated rings. The Hall–Kier alpha value is -3.09. The first kappa shape index (κ1) is 20.2. The van der Waals surface area contributed by atoms with E-state index in [0.29, 0.717) is 31.0 Å².